The number of ether oxygens (including phenoxy) is 1. The third kappa shape index (κ3) is 3.19. The van der Waals surface area contributed by atoms with Crippen LogP contribution in [0.1, 0.15) is 12.0 Å². The minimum Gasteiger partial charge on any atom is -0.380 e. The van der Waals surface area contributed by atoms with Gasteiger partial charge in [-0.1, -0.05) is 0 Å². The molecule has 104 valence electrons. The van der Waals surface area contributed by atoms with Gasteiger partial charge in [-0.25, -0.2) is 8.78 Å². The molecular weight excluding hydrogens is 320 g/mol. The number of Topliss-reactive ketones (excluding diaryl/α,β-unsaturated/α-hetero) is 1. The van der Waals surface area contributed by atoms with Crippen molar-refractivity contribution >= 4 is 21.7 Å². The Balaban J connectivity index is 2.10. The number of nitrogens with one attached hydrogen (secondary N) is 1. The molecule has 1 aliphatic rings. The van der Waals surface area contributed by atoms with Crippen molar-refractivity contribution in [3.8, 4) is 0 Å². The van der Waals surface area contributed by atoms with E-state index < -0.39 is 17.7 Å². The van der Waals surface area contributed by atoms with Gasteiger partial charge in [0.05, 0.1) is 16.6 Å². The van der Waals surface area contributed by atoms with E-state index in [4.69, 9.17) is 4.74 Å². The van der Waals surface area contributed by atoms with Crippen LogP contribution in [0, 0.1) is 11.6 Å². The van der Waals surface area contributed by atoms with Gasteiger partial charge in [-0.2, -0.15) is 0 Å². The molecule has 3 nitrogen and oxygen atoms in total. The summed E-state index contributed by atoms with van der Waals surface area (Å²) < 4.78 is 32.6. The Kier molecular flexibility index (Phi) is 4.65. The first-order valence-corrected chi connectivity index (χ1v) is 6.73. The average molecular weight is 334 g/mol. The Labute approximate surface area is 118 Å². The second-order valence-electron chi connectivity index (χ2n) is 4.52. The molecule has 1 aliphatic heterocycles. The van der Waals surface area contributed by atoms with Crippen LogP contribution in [-0.2, 0) is 16.0 Å². The van der Waals surface area contributed by atoms with E-state index in [1.54, 1.807) is 7.11 Å². The number of ketones is 1. The molecule has 1 aromatic carbocycles. The predicted octanol–water partition coefficient (Wildman–Crippen LogP) is 2.22. The number of hydrogen-bond acceptors (Lipinski definition) is 3. The number of carbonyl (C=O) groups is 1. The van der Waals surface area contributed by atoms with Gasteiger partial charge in [0.1, 0.15) is 11.6 Å². The SMILES string of the molecule is COC1CNC(C(=O)Cc2c(F)ccc(Br)c2F)C1. The molecule has 2 unspecified atom stereocenters. The van der Waals surface area contributed by atoms with E-state index in [-0.39, 0.29) is 28.3 Å². The summed E-state index contributed by atoms with van der Waals surface area (Å²) in [5, 5.41) is 3.00. The molecule has 0 saturated carbocycles. The summed E-state index contributed by atoms with van der Waals surface area (Å²) in [5.74, 6) is -1.64. The van der Waals surface area contributed by atoms with Crippen molar-refractivity contribution in [2.24, 2.45) is 0 Å². The molecule has 0 bridgehead atoms. The maximum absolute atomic E-state index is 13.8. The highest BCUT2D eigenvalue weighted by atomic mass is 79.9. The van der Waals surface area contributed by atoms with Crippen molar-refractivity contribution < 1.29 is 18.3 Å². The van der Waals surface area contributed by atoms with Gasteiger partial charge in [-0.05, 0) is 34.5 Å². The zero-order valence-electron chi connectivity index (χ0n) is 10.4. The summed E-state index contributed by atoms with van der Waals surface area (Å²) in [6.07, 6.45) is 0.253. The first-order chi connectivity index (χ1) is 9.02. The molecule has 1 aromatic rings. The average Bonchev–Trinajstić information content (AvgIpc) is 2.88. The van der Waals surface area contributed by atoms with Crippen LogP contribution in [0.3, 0.4) is 0 Å². The van der Waals surface area contributed by atoms with Gasteiger partial charge in [0.25, 0.3) is 0 Å². The molecule has 1 N–H and O–H groups in total. The van der Waals surface area contributed by atoms with Gasteiger partial charge in [0.2, 0.25) is 0 Å². The maximum Gasteiger partial charge on any atom is 0.154 e. The summed E-state index contributed by atoms with van der Waals surface area (Å²) in [6, 6.07) is 2.03. The van der Waals surface area contributed by atoms with Gasteiger partial charge < -0.3 is 10.1 Å². The highest BCUT2D eigenvalue weighted by molar-refractivity contribution is 9.10. The van der Waals surface area contributed by atoms with Crippen LogP contribution in [0.5, 0.6) is 0 Å². The van der Waals surface area contributed by atoms with E-state index in [1.807, 2.05) is 0 Å². The molecule has 0 radical (unpaired) electrons. The lowest BCUT2D eigenvalue weighted by Crippen LogP contribution is -2.32. The second-order valence-corrected chi connectivity index (χ2v) is 5.37. The summed E-state index contributed by atoms with van der Waals surface area (Å²) >= 11 is 2.99. The van der Waals surface area contributed by atoms with Crippen molar-refractivity contribution in [3.63, 3.8) is 0 Å². The van der Waals surface area contributed by atoms with Crippen LogP contribution < -0.4 is 5.32 Å². The summed E-state index contributed by atoms with van der Waals surface area (Å²) in [4.78, 5) is 12.0. The Morgan fingerprint density at radius 2 is 2.26 bits per heavy atom. The fourth-order valence-corrected chi connectivity index (χ4v) is 2.53. The molecule has 2 atom stereocenters. The van der Waals surface area contributed by atoms with Crippen molar-refractivity contribution in [3.05, 3.63) is 33.8 Å². The fourth-order valence-electron chi connectivity index (χ4n) is 2.16. The van der Waals surface area contributed by atoms with E-state index in [0.717, 1.165) is 6.07 Å². The van der Waals surface area contributed by atoms with E-state index in [0.29, 0.717) is 13.0 Å². The molecule has 1 saturated heterocycles. The van der Waals surface area contributed by atoms with Crippen LogP contribution in [-0.4, -0.2) is 31.6 Å². The van der Waals surface area contributed by atoms with Gasteiger partial charge in [-0.3, -0.25) is 4.79 Å². The van der Waals surface area contributed by atoms with Crippen LogP contribution in [0.4, 0.5) is 8.78 Å². The topological polar surface area (TPSA) is 38.3 Å². The minimum atomic E-state index is -0.713. The Hall–Kier alpha value is -0.850. The summed E-state index contributed by atoms with van der Waals surface area (Å²) in [5.41, 5.74) is -0.193. The van der Waals surface area contributed by atoms with E-state index in [1.165, 1.54) is 6.07 Å². The Morgan fingerprint density at radius 3 is 2.89 bits per heavy atom. The highest BCUT2D eigenvalue weighted by Crippen LogP contribution is 2.23. The number of benzene rings is 1. The zero-order chi connectivity index (χ0) is 14.0. The summed E-state index contributed by atoms with van der Waals surface area (Å²) in [6.45, 7) is 0.580. The zero-order valence-corrected chi connectivity index (χ0v) is 12.0. The lowest BCUT2D eigenvalue weighted by atomic mass is 10.0. The van der Waals surface area contributed by atoms with Crippen LogP contribution in [0.15, 0.2) is 16.6 Å². The van der Waals surface area contributed by atoms with E-state index >= 15 is 0 Å². The molecular formula is C13H14BrF2NO2. The fraction of sp³-hybridized carbons (Fsp3) is 0.462. The Morgan fingerprint density at radius 1 is 1.53 bits per heavy atom. The van der Waals surface area contributed by atoms with Crippen molar-refractivity contribution in [2.45, 2.75) is 25.0 Å². The number of carbonyl (C=O) groups excluding carboxylic acids is 1. The van der Waals surface area contributed by atoms with Crippen LogP contribution >= 0.6 is 15.9 Å². The van der Waals surface area contributed by atoms with Gasteiger partial charge in [0.15, 0.2) is 5.78 Å². The molecule has 1 heterocycles. The smallest absolute Gasteiger partial charge is 0.154 e. The van der Waals surface area contributed by atoms with Gasteiger partial charge in [0, 0.05) is 25.6 Å². The first-order valence-electron chi connectivity index (χ1n) is 5.94. The third-order valence-electron chi connectivity index (χ3n) is 3.30. The molecule has 0 aromatic heterocycles. The number of hydrogen-bond donors (Lipinski definition) is 1. The van der Waals surface area contributed by atoms with Crippen molar-refractivity contribution in [1.29, 1.82) is 0 Å². The van der Waals surface area contributed by atoms with Crippen LogP contribution in [0.2, 0.25) is 0 Å². The van der Waals surface area contributed by atoms with Gasteiger partial charge >= 0.3 is 0 Å². The number of rotatable bonds is 4. The lowest BCUT2D eigenvalue weighted by molar-refractivity contribution is -0.120. The minimum absolute atomic E-state index is 0.0221. The number of methoxy groups -OCH3 is 1. The first kappa shape index (κ1) is 14.6. The van der Waals surface area contributed by atoms with Crippen molar-refractivity contribution in [1.82, 2.24) is 5.32 Å². The normalized spacial score (nSPS) is 22.7. The van der Waals surface area contributed by atoms with E-state index in [9.17, 15) is 13.6 Å². The standard InChI is InChI=1S/C13H14BrF2NO2/c1-19-7-4-11(17-6-7)12(18)5-8-10(15)3-2-9(14)13(8)16/h2-3,7,11,17H,4-6H2,1H3. The largest absolute Gasteiger partial charge is 0.380 e. The number of halogens is 3. The molecule has 0 aliphatic carbocycles. The second kappa shape index (κ2) is 6.07. The highest BCUT2D eigenvalue weighted by Gasteiger charge is 2.30. The van der Waals surface area contributed by atoms with E-state index in [2.05, 4.69) is 21.2 Å². The van der Waals surface area contributed by atoms with Gasteiger partial charge in [-0.15, -0.1) is 0 Å². The monoisotopic (exact) mass is 333 g/mol. The Bertz CT molecular complexity index is 496. The molecule has 6 heteroatoms. The van der Waals surface area contributed by atoms with Crippen molar-refractivity contribution in [2.75, 3.05) is 13.7 Å². The molecule has 1 fully saturated rings. The molecule has 2 rings (SSSR count). The maximum atomic E-state index is 13.8. The summed E-state index contributed by atoms with van der Waals surface area (Å²) in [7, 11) is 1.58. The third-order valence-corrected chi connectivity index (χ3v) is 3.91. The quantitative estimate of drug-likeness (QED) is 0.858. The molecule has 0 spiro atoms. The molecule has 19 heavy (non-hydrogen) atoms. The lowest BCUT2D eigenvalue weighted by Gasteiger charge is -2.11. The predicted molar refractivity (Wildman–Crippen MR) is 70.0 cm³/mol. The van der Waals surface area contributed by atoms with Crippen LogP contribution in [0.25, 0.3) is 0 Å². The molecule has 0 amide bonds.